The van der Waals surface area contributed by atoms with E-state index in [0.29, 0.717) is 10.7 Å². The molecule has 27 heavy (non-hydrogen) atoms. The minimum atomic E-state index is -0.208. The summed E-state index contributed by atoms with van der Waals surface area (Å²) in [5, 5.41) is 5.29. The van der Waals surface area contributed by atoms with Crippen molar-refractivity contribution in [2.45, 2.75) is 13.3 Å². The Labute approximate surface area is 169 Å². The Bertz CT molecular complexity index is 1050. The Kier molecular flexibility index (Phi) is 4.80. The van der Waals surface area contributed by atoms with Crippen molar-refractivity contribution in [3.63, 3.8) is 0 Å². The van der Waals surface area contributed by atoms with Gasteiger partial charge in [-0.05, 0) is 46.1 Å². The molecule has 5 nitrogen and oxygen atoms in total. The average molecular weight is 442 g/mol. The number of anilines is 2. The van der Waals surface area contributed by atoms with Crippen molar-refractivity contribution in [2.75, 3.05) is 16.8 Å². The lowest BCUT2D eigenvalue weighted by Crippen LogP contribution is -2.25. The van der Waals surface area contributed by atoms with E-state index in [9.17, 15) is 9.59 Å². The standard InChI is InChI=1S/C20H16BrN3O2S/c1-12(25)24-9-8-13-6-7-14(10-18(13)24)17-11-27-20(22-17)23-19(26)15-4-2-3-5-16(15)21/h2-7,10-11H,8-9H2,1H3,(H,22,23,26). The van der Waals surface area contributed by atoms with Gasteiger partial charge in [0.2, 0.25) is 5.91 Å². The molecule has 1 aromatic heterocycles. The monoisotopic (exact) mass is 441 g/mol. The van der Waals surface area contributed by atoms with Gasteiger partial charge in [0.15, 0.2) is 5.13 Å². The lowest BCUT2D eigenvalue weighted by molar-refractivity contribution is -0.116. The Hall–Kier alpha value is -2.51. The Morgan fingerprint density at radius 2 is 2.04 bits per heavy atom. The van der Waals surface area contributed by atoms with Gasteiger partial charge in [0.05, 0.1) is 11.3 Å². The molecule has 0 saturated carbocycles. The molecule has 0 unspecified atom stereocenters. The molecular formula is C20H16BrN3O2S. The van der Waals surface area contributed by atoms with Gasteiger partial charge in [-0.15, -0.1) is 11.3 Å². The van der Waals surface area contributed by atoms with Crippen LogP contribution in [0, 0.1) is 0 Å². The molecule has 1 N–H and O–H groups in total. The lowest BCUT2D eigenvalue weighted by Gasteiger charge is -2.15. The van der Waals surface area contributed by atoms with Gasteiger partial charge in [-0.3, -0.25) is 14.9 Å². The van der Waals surface area contributed by atoms with Crippen LogP contribution in [-0.2, 0) is 11.2 Å². The van der Waals surface area contributed by atoms with E-state index in [2.05, 4.69) is 26.2 Å². The smallest absolute Gasteiger partial charge is 0.258 e. The van der Waals surface area contributed by atoms with Gasteiger partial charge >= 0.3 is 0 Å². The molecule has 0 saturated heterocycles. The van der Waals surface area contributed by atoms with Gasteiger partial charge in [0.25, 0.3) is 5.91 Å². The van der Waals surface area contributed by atoms with Crippen molar-refractivity contribution in [1.82, 2.24) is 4.98 Å². The summed E-state index contributed by atoms with van der Waals surface area (Å²) in [7, 11) is 0. The maximum Gasteiger partial charge on any atom is 0.258 e. The maximum absolute atomic E-state index is 12.4. The molecule has 0 bridgehead atoms. The first-order valence-corrected chi connectivity index (χ1v) is 10.1. The van der Waals surface area contributed by atoms with Gasteiger partial charge < -0.3 is 4.90 Å². The molecule has 0 radical (unpaired) electrons. The van der Waals surface area contributed by atoms with E-state index in [1.165, 1.54) is 16.9 Å². The van der Waals surface area contributed by atoms with Crippen LogP contribution < -0.4 is 10.2 Å². The number of hydrogen-bond acceptors (Lipinski definition) is 4. The third-order valence-electron chi connectivity index (χ3n) is 4.50. The molecule has 2 amide bonds. The molecule has 0 aliphatic carbocycles. The Balaban J connectivity index is 1.57. The second-order valence-corrected chi connectivity index (χ2v) is 7.95. The van der Waals surface area contributed by atoms with Gasteiger partial charge in [-0.1, -0.05) is 24.3 Å². The summed E-state index contributed by atoms with van der Waals surface area (Å²) >= 11 is 4.76. The van der Waals surface area contributed by atoms with Crippen molar-refractivity contribution in [3.05, 3.63) is 63.4 Å². The van der Waals surface area contributed by atoms with Crippen LogP contribution in [0.15, 0.2) is 52.3 Å². The summed E-state index contributed by atoms with van der Waals surface area (Å²) in [6, 6.07) is 13.3. The van der Waals surface area contributed by atoms with Crippen LogP contribution in [-0.4, -0.2) is 23.3 Å². The first kappa shape index (κ1) is 17.9. The molecule has 3 aromatic rings. The fourth-order valence-electron chi connectivity index (χ4n) is 3.14. The van der Waals surface area contributed by atoms with E-state index in [0.717, 1.165) is 34.4 Å². The number of hydrogen-bond donors (Lipinski definition) is 1. The van der Waals surface area contributed by atoms with Gasteiger partial charge in [-0.2, -0.15) is 0 Å². The molecule has 2 heterocycles. The summed E-state index contributed by atoms with van der Waals surface area (Å²) in [5.41, 5.74) is 4.39. The third-order valence-corrected chi connectivity index (χ3v) is 5.95. The number of carbonyl (C=O) groups excluding carboxylic acids is 2. The summed E-state index contributed by atoms with van der Waals surface area (Å²) in [4.78, 5) is 30.6. The predicted molar refractivity (Wildman–Crippen MR) is 111 cm³/mol. The second kappa shape index (κ2) is 7.25. The fourth-order valence-corrected chi connectivity index (χ4v) is 4.32. The summed E-state index contributed by atoms with van der Waals surface area (Å²) < 4.78 is 0.738. The zero-order valence-electron chi connectivity index (χ0n) is 14.5. The molecular weight excluding hydrogens is 426 g/mol. The number of carbonyl (C=O) groups is 2. The van der Waals surface area contributed by atoms with Crippen molar-refractivity contribution in [2.24, 2.45) is 0 Å². The van der Waals surface area contributed by atoms with Crippen LogP contribution in [0.5, 0.6) is 0 Å². The summed E-state index contributed by atoms with van der Waals surface area (Å²) in [6.07, 6.45) is 0.875. The first-order valence-electron chi connectivity index (χ1n) is 8.46. The number of nitrogens with zero attached hydrogens (tertiary/aromatic N) is 2. The van der Waals surface area contributed by atoms with E-state index < -0.39 is 0 Å². The number of aromatic nitrogens is 1. The predicted octanol–water partition coefficient (Wildman–Crippen LogP) is 4.73. The minimum Gasteiger partial charge on any atom is -0.312 e. The number of rotatable bonds is 3. The highest BCUT2D eigenvalue weighted by atomic mass is 79.9. The fraction of sp³-hybridized carbons (Fsp3) is 0.150. The van der Waals surface area contributed by atoms with Crippen molar-refractivity contribution in [1.29, 1.82) is 0 Å². The first-order chi connectivity index (χ1) is 13.0. The Morgan fingerprint density at radius 3 is 2.81 bits per heavy atom. The van der Waals surface area contributed by atoms with Gasteiger partial charge in [0.1, 0.15) is 0 Å². The highest BCUT2D eigenvalue weighted by molar-refractivity contribution is 9.10. The van der Waals surface area contributed by atoms with Crippen molar-refractivity contribution < 1.29 is 9.59 Å². The zero-order chi connectivity index (χ0) is 19.0. The average Bonchev–Trinajstić information content (AvgIpc) is 3.28. The zero-order valence-corrected chi connectivity index (χ0v) is 16.9. The van der Waals surface area contributed by atoms with Crippen LogP contribution in [0.1, 0.15) is 22.8 Å². The third kappa shape index (κ3) is 3.52. The molecule has 7 heteroatoms. The largest absolute Gasteiger partial charge is 0.312 e. The van der Waals surface area contributed by atoms with E-state index in [-0.39, 0.29) is 11.8 Å². The SMILES string of the molecule is CC(=O)N1CCc2ccc(-c3csc(NC(=O)c4ccccc4Br)n3)cc21. The van der Waals surface area contributed by atoms with Crippen LogP contribution in [0.25, 0.3) is 11.3 Å². The van der Waals surface area contributed by atoms with E-state index in [1.54, 1.807) is 17.9 Å². The van der Waals surface area contributed by atoms with Crippen LogP contribution >= 0.6 is 27.3 Å². The molecule has 2 aromatic carbocycles. The topological polar surface area (TPSA) is 62.3 Å². The molecule has 1 aliphatic rings. The number of thiazole rings is 1. The molecule has 0 fully saturated rings. The lowest BCUT2D eigenvalue weighted by atomic mass is 10.1. The van der Waals surface area contributed by atoms with Crippen molar-refractivity contribution >= 4 is 49.9 Å². The molecule has 136 valence electrons. The molecule has 1 aliphatic heterocycles. The number of benzene rings is 2. The van der Waals surface area contributed by atoms with E-state index in [4.69, 9.17) is 0 Å². The van der Waals surface area contributed by atoms with Gasteiger partial charge in [0, 0.05) is 34.6 Å². The highest BCUT2D eigenvalue weighted by Crippen LogP contribution is 2.34. The number of fused-ring (bicyclic) bond motifs is 1. The van der Waals surface area contributed by atoms with Crippen LogP contribution in [0.2, 0.25) is 0 Å². The number of halogens is 1. The highest BCUT2D eigenvalue weighted by Gasteiger charge is 2.23. The summed E-state index contributed by atoms with van der Waals surface area (Å²) in [5.74, 6) is -0.161. The Morgan fingerprint density at radius 1 is 1.22 bits per heavy atom. The van der Waals surface area contributed by atoms with Gasteiger partial charge in [-0.25, -0.2) is 4.98 Å². The van der Waals surface area contributed by atoms with E-state index in [1.807, 2.05) is 41.8 Å². The summed E-state index contributed by atoms with van der Waals surface area (Å²) in [6.45, 7) is 2.30. The quantitative estimate of drug-likeness (QED) is 0.638. The van der Waals surface area contributed by atoms with Crippen LogP contribution in [0.3, 0.4) is 0 Å². The number of amides is 2. The minimum absolute atomic E-state index is 0.0468. The molecule has 0 spiro atoms. The van der Waals surface area contributed by atoms with Crippen molar-refractivity contribution in [3.8, 4) is 11.3 Å². The maximum atomic E-state index is 12.4. The normalized spacial score (nSPS) is 12.7. The van der Waals surface area contributed by atoms with E-state index >= 15 is 0 Å². The second-order valence-electron chi connectivity index (χ2n) is 6.24. The number of nitrogens with one attached hydrogen (secondary N) is 1. The van der Waals surface area contributed by atoms with Crippen LogP contribution in [0.4, 0.5) is 10.8 Å². The molecule has 0 atom stereocenters. The molecule has 4 rings (SSSR count).